The maximum atomic E-state index is 11.7. The quantitative estimate of drug-likeness (QED) is 0.280. The number of carbonyl (C=O) groups excluding carboxylic acids is 1. The van der Waals surface area contributed by atoms with E-state index >= 15 is 0 Å². The van der Waals surface area contributed by atoms with Crippen molar-refractivity contribution >= 4 is 44.4 Å². The van der Waals surface area contributed by atoms with Crippen molar-refractivity contribution < 1.29 is 9.72 Å². The predicted octanol–water partition coefficient (Wildman–Crippen LogP) is 5.83. The lowest BCUT2D eigenvalue weighted by atomic mass is 10.2. The molecule has 0 spiro atoms. The average Bonchev–Trinajstić information content (AvgIpc) is 3.16. The zero-order valence-electron chi connectivity index (χ0n) is 16.9. The number of hydrogen-bond acceptors (Lipinski definition) is 8. The molecule has 10 heteroatoms. The largest absolute Gasteiger partial charge is 0.371 e. The summed E-state index contributed by atoms with van der Waals surface area (Å²) >= 11 is 0.840. The van der Waals surface area contributed by atoms with Crippen LogP contribution in [0.25, 0.3) is 0 Å². The monoisotopic (exact) mass is 418 g/mol. The molecule has 0 fully saturated rings. The third-order valence-corrected chi connectivity index (χ3v) is 4.96. The van der Waals surface area contributed by atoms with Gasteiger partial charge in [-0.3, -0.25) is 14.9 Å². The number of amides is 1. The molecule has 1 amide bonds. The van der Waals surface area contributed by atoms with Crippen LogP contribution in [0.5, 0.6) is 0 Å². The molecule has 0 radical (unpaired) electrons. The molecule has 0 bridgehead atoms. The van der Waals surface area contributed by atoms with E-state index in [1.807, 2.05) is 12.1 Å². The van der Waals surface area contributed by atoms with Crippen LogP contribution in [0, 0.1) is 10.1 Å². The molecule has 2 aromatic rings. The molecule has 1 aromatic carbocycles. The fraction of sp³-hybridized carbons (Fsp3) is 0.474. The summed E-state index contributed by atoms with van der Waals surface area (Å²) in [7, 11) is 0. The number of azo groups is 1. The number of thiazole rings is 1. The van der Waals surface area contributed by atoms with Gasteiger partial charge in [-0.2, -0.15) is 0 Å². The fourth-order valence-electron chi connectivity index (χ4n) is 2.65. The van der Waals surface area contributed by atoms with E-state index in [2.05, 4.69) is 39.3 Å². The van der Waals surface area contributed by atoms with Crippen LogP contribution >= 0.6 is 11.3 Å². The summed E-state index contributed by atoms with van der Waals surface area (Å²) in [6.45, 7) is 7.64. The van der Waals surface area contributed by atoms with E-state index in [1.165, 1.54) is 6.92 Å². The van der Waals surface area contributed by atoms with Crippen molar-refractivity contribution in [3.05, 3.63) is 34.5 Å². The second-order valence-corrected chi connectivity index (χ2v) is 7.50. The molecule has 2 rings (SSSR count). The van der Waals surface area contributed by atoms with Crippen LogP contribution in [-0.2, 0) is 4.79 Å². The number of rotatable bonds is 11. The van der Waals surface area contributed by atoms with Crippen molar-refractivity contribution in [2.75, 3.05) is 23.3 Å². The van der Waals surface area contributed by atoms with Crippen LogP contribution in [0.4, 0.5) is 27.2 Å². The van der Waals surface area contributed by atoms with Gasteiger partial charge >= 0.3 is 5.00 Å². The summed E-state index contributed by atoms with van der Waals surface area (Å²) < 4.78 is 0. The number of anilines is 2. The lowest BCUT2D eigenvalue weighted by Crippen LogP contribution is -2.25. The Morgan fingerprint density at radius 1 is 1.24 bits per heavy atom. The summed E-state index contributed by atoms with van der Waals surface area (Å²) in [5.74, 6) is -0.211. The van der Waals surface area contributed by atoms with Gasteiger partial charge in [0.1, 0.15) is 11.9 Å². The molecule has 0 aliphatic heterocycles. The maximum Gasteiger partial charge on any atom is 0.345 e. The highest BCUT2D eigenvalue weighted by molar-refractivity contribution is 7.18. The van der Waals surface area contributed by atoms with E-state index in [-0.39, 0.29) is 16.0 Å². The Bertz CT molecular complexity index is 859. The van der Waals surface area contributed by atoms with Crippen LogP contribution in [0.3, 0.4) is 0 Å². The Balaban J connectivity index is 2.30. The molecule has 1 aromatic heterocycles. The maximum absolute atomic E-state index is 11.7. The Labute approximate surface area is 174 Å². The van der Waals surface area contributed by atoms with Gasteiger partial charge in [0.05, 0.1) is 10.6 Å². The van der Waals surface area contributed by atoms with Gasteiger partial charge in [-0.1, -0.05) is 26.7 Å². The Hall–Kier alpha value is -2.88. The first-order chi connectivity index (χ1) is 13.9. The summed E-state index contributed by atoms with van der Waals surface area (Å²) in [6, 6.07) is 5.64. The lowest BCUT2D eigenvalue weighted by Gasteiger charge is -2.25. The van der Waals surface area contributed by atoms with E-state index in [0.717, 1.165) is 62.0 Å². The van der Waals surface area contributed by atoms with Crippen LogP contribution in [-0.4, -0.2) is 28.9 Å². The van der Waals surface area contributed by atoms with Gasteiger partial charge < -0.3 is 10.2 Å². The molecule has 0 unspecified atom stereocenters. The molecule has 0 saturated carbocycles. The Kier molecular flexibility index (Phi) is 8.66. The molecule has 1 heterocycles. The van der Waals surface area contributed by atoms with Gasteiger partial charge in [0.2, 0.25) is 11.0 Å². The molecule has 156 valence electrons. The Morgan fingerprint density at radius 2 is 1.93 bits per heavy atom. The number of unbranched alkanes of at least 4 members (excludes halogenated alkanes) is 2. The van der Waals surface area contributed by atoms with Gasteiger partial charge in [0.25, 0.3) is 0 Å². The second-order valence-electron chi connectivity index (χ2n) is 6.51. The highest BCUT2D eigenvalue weighted by atomic mass is 32.1. The van der Waals surface area contributed by atoms with E-state index in [4.69, 9.17) is 0 Å². The lowest BCUT2D eigenvalue weighted by molar-refractivity contribution is -0.380. The van der Waals surface area contributed by atoms with Crippen molar-refractivity contribution in [3.8, 4) is 0 Å². The first-order valence-corrected chi connectivity index (χ1v) is 10.4. The van der Waals surface area contributed by atoms with Crippen molar-refractivity contribution in [3.63, 3.8) is 0 Å². The molecular formula is C19H26N6O3S. The summed E-state index contributed by atoms with van der Waals surface area (Å²) in [5, 5.41) is 21.8. The minimum absolute atomic E-state index is 0.0983. The van der Waals surface area contributed by atoms with Crippen LogP contribution in [0.1, 0.15) is 46.5 Å². The molecule has 1 N–H and O–H groups in total. The molecule has 29 heavy (non-hydrogen) atoms. The van der Waals surface area contributed by atoms with Gasteiger partial charge in [-0.15, -0.1) is 10.2 Å². The number of nitrogens with one attached hydrogen (secondary N) is 1. The first kappa shape index (κ1) is 22.4. The van der Waals surface area contributed by atoms with Crippen molar-refractivity contribution in [1.29, 1.82) is 0 Å². The molecule has 0 aliphatic carbocycles. The van der Waals surface area contributed by atoms with Crippen molar-refractivity contribution in [2.45, 2.75) is 46.5 Å². The van der Waals surface area contributed by atoms with Crippen molar-refractivity contribution in [2.24, 2.45) is 10.2 Å². The third kappa shape index (κ3) is 6.90. The second kappa shape index (κ2) is 11.2. The van der Waals surface area contributed by atoms with Crippen LogP contribution in [0.15, 0.2) is 34.6 Å². The van der Waals surface area contributed by atoms with Crippen LogP contribution in [0.2, 0.25) is 0 Å². The van der Waals surface area contributed by atoms with Gasteiger partial charge in [0, 0.05) is 25.7 Å². The Morgan fingerprint density at radius 3 is 2.48 bits per heavy atom. The minimum Gasteiger partial charge on any atom is -0.371 e. The smallest absolute Gasteiger partial charge is 0.345 e. The number of nitrogens with zero attached hydrogens (tertiary/aromatic N) is 5. The number of nitro groups is 1. The van der Waals surface area contributed by atoms with Gasteiger partial charge in [-0.25, -0.2) is 4.98 Å². The molecule has 0 saturated heterocycles. The summed E-state index contributed by atoms with van der Waals surface area (Å²) in [4.78, 5) is 28.1. The van der Waals surface area contributed by atoms with Gasteiger partial charge in [0.15, 0.2) is 0 Å². The van der Waals surface area contributed by atoms with E-state index < -0.39 is 4.92 Å². The number of aromatic nitrogens is 1. The number of hydrogen-bond donors (Lipinski definition) is 1. The standard InChI is InChI=1S/C19H26N6O3S/c1-4-6-10-24(11-7-5-2)15-8-9-16(17(12-15)21-14(3)26)22-23-19-20-13-18(29-19)25(27)28/h8-9,12-13H,4-7,10-11H2,1-3H3,(H,21,26). The predicted molar refractivity (Wildman–Crippen MR) is 116 cm³/mol. The topological polar surface area (TPSA) is 113 Å². The third-order valence-electron chi connectivity index (χ3n) is 4.12. The van der Waals surface area contributed by atoms with Crippen LogP contribution < -0.4 is 10.2 Å². The van der Waals surface area contributed by atoms with Gasteiger partial charge in [-0.05, 0) is 42.4 Å². The van der Waals surface area contributed by atoms with E-state index in [1.54, 1.807) is 6.07 Å². The number of benzene rings is 1. The first-order valence-electron chi connectivity index (χ1n) is 9.63. The molecule has 9 nitrogen and oxygen atoms in total. The zero-order valence-corrected chi connectivity index (χ0v) is 17.7. The highest BCUT2D eigenvalue weighted by Gasteiger charge is 2.13. The zero-order chi connectivity index (χ0) is 21.2. The molecule has 0 atom stereocenters. The fourth-order valence-corrected chi connectivity index (χ4v) is 3.20. The highest BCUT2D eigenvalue weighted by Crippen LogP contribution is 2.33. The van der Waals surface area contributed by atoms with E-state index in [9.17, 15) is 14.9 Å². The van der Waals surface area contributed by atoms with E-state index in [0.29, 0.717) is 11.4 Å². The summed E-state index contributed by atoms with van der Waals surface area (Å²) in [5.41, 5.74) is 2.02. The SMILES string of the molecule is CCCCN(CCCC)c1ccc(N=Nc2ncc([N+](=O)[O-])s2)c(NC(C)=O)c1. The number of carbonyl (C=O) groups is 1. The van der Waals surface area contributed by atoms with Crippen molar-refractivity contribution in [1.82, 2.24) is 4.98 Å². The molecular weight excluding hydrogens is 392 g/mol. The summed E-state index contributed by atoms with van der Waals surface area (Å²) in [6.07, 6.45) is 5.53. The normalized spacial score (nSPS) is 11.0. The molecule has 0 aliphatic rings. The minimum atomic E-state index is -0.518. The average molecular weight is 419 g/mol.